The van der Waals surface area contributed by atoms with Gasteiger partial charge in [0.2, 0.25) is 11.9 Å². The Balaban J connectivity index is 1.04. The van der Waals surface area contributed by atoms with Gasteiger partial charge in [-0.05, 0) is 7.05 Å². The van der Waals surface area contributed by atoms with Gasteiger partial charge in [0.05, 0.1) is 32.3 Å². The number of hydrogen-bond donors (Lipinski definition) is 8. The van der Waals surface area contributed by atoms with E-state index >= 15 is 0 Å². The van der Waals surface area contributed by atoms with Gasteiger partial charge >= 0.3 is 23.5 Å². The predicted molar refractivity (Wildman–Crippen MR) is 178 cm³/mol. The number of methoxy groups -OCH3 is 1. The molecule has 30 heteroatoms. The molecule has 0 aliphatic carbocycles. The lowest BCUT2D eigenvalue weighted by Gasteiger charge is -2.40. The van der Waals surface area contributed by atoms with Crippen molar-refractivity contribution < 1.29 is 65.4 Å². The van der Waals surface area contributed by atoms with E-state index in [9.17, 15) is 43.1 Å². The van der Waals surface area contributed by atoms with Crippen molar-refractivity contribution >= 4 is 58.0 Å². The molecule has 3 unspecified atom stereocenters. The Morgan fingerprint density at radius 1 is 0.943 bits per heavy atom. The number of nitrogens with zero attached hydrogens (tertiary/aromatic N) is 7. The maximum atomic E-state index is 12.7. The number of aliphatic hydroxyl groups is 1. The van der Waals surface area contributed by atoms with Crippen LogP contribution in [0, 0.1) is 0 Å². The van der Waals surface area contributed by atoms with E-state index in [0.29, 0.717) is 6.54 Å². The number of nitrogens with one attached hydrogen (secondary N) is 2. The highest BCUT2D eigenvalue weighted by Crippen LogP contribution is 2.67. The minimum absolute atomic E-state index is 0.0370. The van der Waals surface area contributed by atoms with Crippen molar-refractivity contribution in [3.8, 4) is 0 Å². The first kappa shape index (κ1) is 39.3. The molecule has 0 radical (unpaired) electrons. The Hall–Kier alpha value is -3.36. The van der Waals surface area contributed by atoms with Gasteiger partial charge < -0.3 is 55.3 Å². The van der Waals surface area contributed by atoms with Crippen LogP contribution in [0.25, 0.3) is 11.2 Å². The van der Waals surface area contributed by atoms with E-state index in [1.807, 2.05) is 0 Å². The third-order valence-electron chi connectivity index (χ3n) is 8.14. The lowest BCUT2D eigenvalue weighted by atomic mass is 10.1. The number of morpholine rings is 1. The van der Waals surface area contributed by atoms with Crippen LogP contribution in [0.3, 0.4) is 0 Å². The first-order chi connectivity index (χ1) is 24.8. The molecule has 3 aliphatic rings. The van der Waals surface area contributed by atoms with Crippen LogP contribution < -0.4 is 32.4 Å². The van der Waals surface area contributed by atoms with Crippen molar-refractivity contribution in [3.63, 3.8) is 0 Å². The number of rotatable bonds is 13. The molecule has 10 N–H and O–H groups in total. The second-order valence-electron chi connectivity index (χ2n) is 12.1. The molecule has 2 saturated heterocycles. The lowest BCUT2D eigenvalue weighted by Crippen LogP contribution is -2.55. The molecule has 0 amide bonds. The van der Waals surface area contributed by atoms with Gasteiger partial charge in [0.1, 0.15) is 30.2 Å². The van der Waals surface area contributed by atoms with Crippen LogP contribution in [0.1, 0.15) is 6.23 Å². The average Bonchev–Trinajstić information content (AvgIpc) is 3.70. The number of aromatic nitrogens is 6. The lowest BCUT2D eigenvalue weighted by molar-refractivity contribution is -0.0950. The second kappa shape index (κ2) is 14.7. The van der Waals surface area contributed by atoms with Crippen molar-refractivity contribution in [2.75, 3.05) is 75.4 Å². The molecule has 0 spiro atoms. The topological polar surface area (TPSA) is 368 Å². The quantitative estimate of drug-likeness (QED) is 0.0832. The molecule has 3 aromatic rings. The van der Waals surface area contributed by atoms with E-state index < -0.39 is 84.7 Å². The highest BCUT2D eigenvalue weighted by atomic mass is 31.3. The number of anilines is 4. The third-order valence-corrected chi connectivity index (χ3v) is 12.4. The Morgan fingerprint density at radius 2 is 1.58 bits per heavy atom. The Kier molecular flexibility index (Phi) is 10.9. The molecule has 27 nitrogen and oxygen atoms in total. The molecule has 3 aliphatic heterocycles. The van der Waals surface area contributed by atoms with Gasteiger partial charge in [-0.3, -0.25) is 38.1 Å². The van der Waals surface area contributed by atoms with Gasteiger partial charge in [-0.15, -0.1) is 0 Å². The van der Waals surface area contributed by atoms with E-state index in [1.54, 1.807) is 28.8 Å². The van der Waals surface area contributed by atoms with Gasteiger partial charge in [-0.2, -0.15) is 18.6 Å². The largest absolute Gasteiger partial charge is 0.490 e. The first-order valence-electron chi connectivity index (χ1n) is 15.3. The number of aromatic amines is 2. The summed E-state index contributed by atoms with van der Waals surface area (Å²) in [7, 11) is -12.3. The van der Waals surface area contributed by atoms with E-state index in [-0.39, 0.29) is 47.8 Å². The fourth-order valence-corrected chi connectivity index (χ4v) is 9.54. The summed E-state index contributed by atoms with van der Waals surface area (Å²) < 4.78 is 74.1. The average molecular weight is 816 g/mol. The molecular formula is C23H36N11O16P3. The van der Waals surface area contributed by atoms with E-state index in [0.717, 1.165) is 6.33 Å². The molecule has 3 aromatic heterocycles. The van der Waals surface area contributed by atoms with Crippen molar-refractivity contribution in [1.29, 1.82) is 0 Å². The summed E-state index contributed by atoms with van der Waals surface area (Å²) in [6.45, 7) is -0.980. The van der Waals surface area contributed by atoms with Crippen LogP contribution in [-0.2, 0) is 45.6 Å². The summed E-state index contributed by atoms with van der Waals surface area (Å²) in [5.74, 6) is -0.113. The van der Waals surface area contributed by atoms with Gasteiger partial charge in [0.25, 0.3) is 11.1 Å². The number of aliphatic hydroxyl groups excluding tert-OH is 1. The minimum atomic E-state index is -5.87. The van der Waals surface area contributed by atoms with Crippen LogP contribution in [0.2, 0.25) is 0 Å². The number of fused-ring (bicyclic) bond motifs is 2. The molecule has 6 heterocycles. The highest BCUT2D eigenvalue weighted by molar-refractivity contribution is 7.66. The number of phosphoric acid groups is 3. The summed E-state index contributed by atoms with van der Waals surface area (Å²) in [6, 6.07) is 0. The van der Waals surface area contributed by atoms with E-state index in [1.165, 1.54) is 11.7 Å². The second-order valence-corrected chi connectivity index (χ2v) is 16.7. The zero-order valence-corrected chi connectivity index (χ0v) is 30.6. The van der Waals surface area contributed by atoms with Crippen molar-refractivity contribution in [1.82, 2.24) is 34.4 Å². The van der Waals surface area contributed by atoms with E-state index in [4.69, 9.17) is 34.7 Å². The first-order valence-corrected chi connectivity index (χ1v) is 19.8. The minimum Gasteiger partial charge on any atom is -0.387 e. The molecule has 2 fully saturated rings. The van der Waals surface area contributed by atoms with Crippen molar-refractivity contribution in [3.05, 3.63) is 27.0 Å². The van der Waals surface area contributed by atoms with Crippen LogP contribution in [-0.4, -0.2) is 139 Å². The molecule has 0 saturated carbocycles. The number of H-pyrrole nitrogens is 2. The number of likely N-dealkylation sites (N-methyl/N-ethyl adjacent to an activating group) is 1. The van der Waals surface area contributed by atoms with Crippen LogP contribution >= 0.6 is 23.5 Å². The molecular weight excluding hydrogens is 779 g/mol. The third kappa shape index (κ3) is 8.49. The van der Waals surface area contributed by atoms with Gasteiger partial charge in [0, 0.05) is 27.2 Å². The van der Waals surface area contributed by atoms with Crippen molar-refractivity contribution in [2.45, 2.75) is 36.9 Å². The summed E-state index contributed by atoms with van der Waals surface area (Å²) in [4.78, 5) is 77.0. The van der Waals surface area contributed by atoms with E-state index in [2.05, 4.69) is 33.5 Å². The van der Waals surface area contributed by atoms with Crippen molar-refractivity contribution in [2.24, 2.45) is 0 Å². The number of phosphoric ester groups is 2. The van der Waals surface area contributed by atoms with Crippen LogP contribution in [0.15, 0.2) is 15.9 Å². The number of nitrogen functional groups attached to an aromatic ring is 2. The molecule has 6 rings (SSSR count). The number of ether oxygens (including phenoxy) is 3. The predicted octanol–water partition coefficient (Wildman–Crippen LogP) is -2.42. The monoisotopic (exact) mass is 815 g/mol. The fraction of sp³-hybridized carbons (Fsp3) is 0.609. The number of imidazole rings is 1. The number of nitrogens with two attached hydrogens (primary N) is 2. The molecule has 294 valence electrons. The number of hydrogen-bond acceptors (Lipinski definition) is 21. The SMILES string of the molecule is CO[C@@H]1[C@H](O)[C@@H](COP(=O)(O)OP(=O)(O)OP(=O)(O)OC[C@@H]2CN(C)C[C@H](N3CN(C)c4c3nc(N)[nH]c4=O)O2)O[C@H]1n1cnc2c(=O)[nH]c(N)nc21. The molecule has 0 aromatic carbocycles. The smallest absolute Gasteiger partial charge is 0.387 e. The van der Waals surface area contributed by atoms with Gasteiger partial charge in [0.15, 0.2) is 23.2 Å². The van der Waals surface area contributed by atoms with Crippen LogP contribution in [0.4, 0.5) is 23.4 Å². The molecule has 0 bridgehead atoms. The zero-order chi connectivity index (χ0) is 38.6. The maximum absolute atomic E-state index is 12.7. The normalized spacial score (nSPS) is 28.5. The Bertz CT molecular complexity index is 2120. The summed E-state index contributed by atoms with van der Waals surface area (Å²) in [6.07, 6.45) is -5.92. The molecule has 9 atom stereocenters. The highest BCUT2D eigenvalue weighted by Gasteiger charge is 2.48. The Morgan fingerprint density at radius 3 is 2.26 bits per heavy atom. The van der Waals surface area contributed by atoms with Gasteiger partial charge in [-0.25, -0.2) is 18.7 Å². The summed E-state index contributed by atoms with van der Waals surface area (Å²) >= 11 is 0. The zero-order valence-electron chi connectivity index (χ0n) is 27.9. The maximum Gasteiger partial charge on any atom is 0.490 e. The Labute approximate surface area is 297 Å². The van der Waals surface area contributed by atoms with Crippen LogP contribution in [0.5, 0.6) is 0 Å². The molecule has 53 heavy (non-hydrogen) atoms. The fourth-order valence-electron chi connectivity index (χ4n) is 6.00. The van der Waals surface area contributed by atoms with Gasteiger partial charge in [-0.1, -0.05) is 0 Å². The summed E-state index contributed by atoms with van der Waals surface area (Å²) in [5.41, 5.74) is 10.3. The summed E-state index contributed by atoms with van der Waals surface area (Å²) in [5, 5.41) is 10.8. The standard InChI is InChI=1S/C23H36N11O16P3/c1-31-4-10(47-12(5-31)34-9-32(2)14-18(34)28-23(25)30-20(14)37)6-45-51(38,39)49-53(42,43)50-52(40,41)46-7-11-15(35)16(44-3)21(48-11)33-8-26-13-17(33)27-22(24)29-19(13)36/h8,10-12,15-16,21,35H,4-7,9H2,1-3H3,(H,38,39)(H,40,41)(H,42,43)(H3,24,27,29,36)(H3,25,28,30,37)/t10-,11+,12+,15+,16+,21+/m0/s1.